The third-order valence-corrected chi connectivity index (χ3v) is 4.93. The number of urea groups is 1. The number of carbonyl (C=O) groups is 2. The molecule has 5 atom stereocenters. The standard InChI is InChI=1S/C15H26N2O3/c1-9(5-14(18)19)8-16-15(20)17-10(2)13-7-11-3-4-12(13)6-11/h9-13H,3-8H2,1-2H3,(H,18,19)(H2,16,17,20). The van der Waals surface area contributed by atoms with Crippen LogP contribution in [-0.4, -0.2) is 29.7 Å². The smallest absolute Gasteiger partial charge is 0.315 e. The molecule has 0 saturated heterocycles. The maximum absolute atomic E-state index is 11.8. The number of rotatable bonds is 6. The molecule has 0 aromatic heterocycles. The van der Waals surface area contributed by atoms with Crippen LogP contribution in [-0.2, 0) is 4.79 Å². The highest BCUT2D eigenvalue weighted by Gasteiger charge is 2.42. The maximum Gasteiger partial charge on any atom is 0.315 e. The lowest BCUT2D eigenvalue weighted by Gasteiger charge is -2.28. The van der Waals surface area contributed by atoms with Gasteiger partial charge in [0.1, 0.15) is 0 Å². The highest BCUT2D eigenvalue weighted by atomic mass is 16.4. The van der Waals surface area contributed by atoms with Crippen LogP contribution in [0.5, 0.6) is 0 Å². The molecule has 2 aliphatic rings. The van der Waals surface area contributed by atoms with E-state index in [0.717, 1.165) is 11.8 Å². The normalized spacial score (nSPS) is 30.8. The fourth-order valence-electron chi connectivity index (χ4n) is 3.91. The van der Waals surface area contributed by atoms with E-state index in [2.05, 4.69) is 17.6 Å². The number of hydrogen-bond acceptors (Lipinski definition) is 2. The molecule has 20 heavy (non-hydrogen) atoms. The van der Waals surface area contributed by atoms with Crippen LogP contribution in [0.2, 0.25) is 0 Å². The molecule has 2 aliphatic carbocycles. The van der Waals surface area contributed by atoms with E-state index in [-0.39, 0.29) is 24.4 Å². The third kappa shape index (κ3) is 3.87. The van der Waals surface area contributed by atoms with Crippen molar-refractivity contribution in [2.24, 2.45) is 23.7 Å². The van der Waals surface area contributed by atoms with E-state index in [4.69, 9.17) is 5.11 Å². The van der Waals surface area contributed by atoms with Crippen LogP contribution in [0.25, 0.3) is 0 Å². The second-order valence-electron chi connectivity index (χ2n) is 6.68. The van der Waals surface area contributed by atoms with Gasteiger partial charge >= 0.3 is 12.0 Å². The molecule has 2 bridgehead atoms. The summed E-state index contributed by atoms with van der Waals surface area (Å²) in [4.78, 5) is 22.4. The highest BCUT2D eigenvalue weighted by molar-refractivity contribution is 5.74. The summed E-state index contributed by atoms with van der Waals surface area (Å²) in [5.74, 6) is 1.43. The number of carbonyl (C=O) groups excluding carboxylic acids is 1. The van der Waals surface area contributed by atoms with Crippen LogP contribution < -0.4 is 10.6 Å². The Hall–Kier alpha value is -1.26. The first-order valence-electron chi connectivity index (χ1n) is 7.71. The third-order valence-electron chi connectivity index (χ3n) is 4.93. The zero-order valence-corrected chi connectivity index (χ0v) is 12.4. The summed E-state index contributed by atoms with van der Waals surface area (Å²) in [6, 6.07) is 0.0394. The molecule has 5 nitrogen and oxygen atoms in total. The van der Waals surface area contributed by atoms with Gasteiger partial charge in [-0.25, -0.2) is 4.79 Å². The van der Waals surface area contributed by atoms with Crippen molar-refractivity contribution in [1.82, 2.24) is 10.6 Å². The second-order valence-corrected chi connectivity index (χ2v) is 6.68. The summed E-state index contributed by atoms with van der Waals surface area (Å²) >= 11 is 0. The van der Waals surface area contributed by atoms with Gasteiger partial charge in [0.05, 0.1) is 0 Å². The summed E-state index contributed by atoms with van der Waals surface area (Å²) in [6.45, 7) is 4.32. The van der Waals surface area contributed by atoms with Crippen LogP contribution in [0.4, 0.5) is 4.79 Å². The molecule has 2 amide bonds. The maximum atomic E-state index is 11.8. The molecule has 2 fully saturated rings. The predicted octanol–water partition coefficient (Wildman–Crippen LogP) is 2.22. The summed E-state index contributed by atoms with van der Waals surface area (Å²) in [5, 5.41) is 14.5. The van der Waals surface area contributed by atoms with Crippen LogP contribution >= 0.6 is 0 Å². The lowest BCUT2D eigenvalue weighted by molar-refractivity contribution is -0.137. The fraction of sp³-hybridized carbons (Fsp3) is 0.867. The van der Waals surface area contributed by atoms with Gasteiger partial charge in [0.15, 0.2) is 0 Å². The highest BCUT2D eigenvalue weighted by Crippen LogP contribution is 2.49. The monoisotopic (exact) mass is 282 g/mol. The first-order valence-corrected chi connectivity index (χ1v) is 7.71. The molecule has 2 rings (SSSR count). The Kier molecular flexibility index (Phi) is 4.89. The Morgan fingerprint density at radius 1 is 1.25 bits per heavy atom. The molecule has 0 aromatic carbocycles. The second kappa shape index (κ2) is 6.46. The van der Waals surface area contributed by atoms with Crippen molar-refractivity contribution in [3.05, 3.63) is 0 Å². The summed E-state index contributed by atoms with van der Waals surface area (Å²) in [6.07, 6.45) is 5.36. The van der Waals surface area contributed by atoms with E-state index in [9.17, 15) is 9.59 Å². The number of amides is 2. The van der Waals surface area contributed by atoms with Crippen molar-refractivity contribution in [1.29, 1.82) is 0 Å². The summed E-state index contributed by atoms with van der Waals surface area (Å²) < 4.78 is 0. The van der Waals surface area contributed by atoms with Gasteiger partial charge in [-0.3, -0.25) is 4.79 Å². The first kappa shape index (κ1) is 15.1. The molecular formula is C15H26N2O3. The summed E-state index contributed by atoms with van der Waals surface area (Å²) in [7, 11) is 0. The molecule has 0 radical (unpaired) electrons. The van der Waals surface area contributed by atoms with Crippen molar-refractivity contribution in [3.8, 4) is 0 Å². The van der Waals surface area contributed by atoms with Crippen LogP contribution in [0, 0.1) is 23.7 Å². The van der Waals surface area contributed by atoms with Gasteiger partial charge in [-0.05, 0) is 49.9 Å². The number of carboxylic acid groups (broad SMARTS) is 1. The van der Waals surface area contributed by atoms with E-state index in [1.54, 1.807) is 0 Å². The molecule has 5 heteroatoms. The lowest BCUT2D eigenvalue weighted by Crippen LogP contribution is -2.46. The lowest BCUT2D eigenvalue weighted by atomic mass is 9.84. The molecule has 3 N–H and O–H groups in total. The van der Waals surface area contributed by atoms with Crippen LogP contribution in [0.3, 0.4) is 0 Å². The van der Waals surface area contributed by atoms with E-state index < -0.39 is 5.97 Å². The Balaban J connectivity index is 1.67. The number of nitrogens with one attached hydrogen (secondary N) is 2. The predicted molar refractivity (Wildman–Crippen MR) is 76.4 cm³/mol. The zero-order chi connectivity index (χ0) is 14.7. The van der Waals surface area contributed by atoms with Gasteiger partial charge in [-0.2, -0.15) is 0 Å². The van der Waals surface area contributed by atoms with E-state index in [1.165, 1.54) is 25.7 Å². The van der Waals surface area contributed by atoms with Crippen molar-refractivity contribution in [2.75, 3.05) is 6.54 Å². The average Bonchev–Trinajstić information content (AvgIpc) is 2.97. The number of fused-ring (bicyclic) bond motifs is 2. The SMILES string of the molecule is CC(CNC(=O)NC(C)C1CC2CCC1C2)CC(=O)O. The number of aliphatic carboxylic acids is 1. The van der Waals surface area contributed by atoms with Crippen molar-refractivity contribution in [3.63, 3.8) is 0 Å². The van der Waals surface area contributed by atoms with Crippen molar-refractivity contribution < 1.29 is 14.7 Å². The Bertz CT molecular complexity index is 372. The van der Waals surface area contributed by atoms with Gasteiger partial charge < -0.3 is 15.7 Å². The Labute approximate surface area is 120 Å². The topological polar surface area (TPSA) is 78.4 Å². The van der Waals surface area contributed by atoms with Crippen molar-refractivity contribution in [2.45, 2.75) is 52.0 Å². The molecule has 0 heterocycles. The van der Waals surface area contributed by atoms with Crippen LogP contribution in [0.15, 0.2) is 0 Å². The van der Waals surface area contributed by atoms with E-state index in [1.807, 2.05) is 6.92 Å². The number of hydrogen-bond donors (Lipinski definition) is 3. The first-order chi connectivity index (χ1) is 9.45. The minimum atomic E-state index is -0.824. The zero-order valence-electron chi connectivity index (χ0n) is 12.4. The van der Waals surface area contributed by atoms with Gasteiger partial charge in [0.2, 0.25) is 0 Å². The number of carboxylic acids is 1. The van der Waals surface area contributed by atoms with Crippen LogP contribution in [0.1, 0.15) is 46.0 Å². The van der Waals surface area contributed by atoms with Gasteiger partial charge in [0.25, 0.3) is 0 Å². The molecule has 0 aliphatic heterocycles. The molecule has 5 unspecified atom stereocenters. The van der Waals surface area contributed by atoms with E-state index >= 15 is 0 Å². The summed E-state index contributed by atoms with van der Waals surface area (Å²) in [5.41, 5.74) is 0. The molecular weight excluding hydrogens is 256 g/mol. The van der Waals surface area contributed by atoms with E-state index in [0.29, 0.717) is 12.5 Å². The molecule has 114 valence electrons. The minimum Gasteiger partial charge on any atom is -0.481 e. The fourth-order valence-corrected chi connectivity index (χ4v) is 3.91. The Morgan fingerprint density at radius 2 is 2.00 bits per heavy atom. The van der Waals surface area contributed by atoms with Gasteiger partial charge in [0, 0.05) is 19.0 Å². The van der Waals surface area contributed by atoms with Gasteiger partial charge in [-0.15, -0.1) is 0 Å². The quantitative estimate of drug-likeness (QED) is 0.699. The minimum absolute atomic E-state index is 0.0453. The Morgan fingerprint density at radius 3 is 2.55 bits per heavy atom. The molecule has 0 spiro atoms. The molecule has 2 saturated carbocycles. The largest absolute Gasteiger partial charge is 0.481 e. The van der Waals surface area contributed by atoms with Crippen molar-refractivity contribution >= 4 is 12.0 Å². The average molecular weight is 282 g/mol. The van der Waals surface area contributed by atoms with Gasteiger partial charge in [-0.1, -0.05) is 13.3 Å². The molecule has 0 aromatic rings.